The lowest BCUT2D eigenvalue weighted by atomic mass is 10.1. The fourth-order valence-corrected chi connectivity index (χ4v) is 0.707. The van der Waals surface area contributed by atoms with Crippen molar-refractivity contribution in [1.29, 1.82) is 0 Å². The SMILES string of the molecule is CC(C)C(F)c1nnn(C)n1. The highest BCUT2D eigenvalue weighted by Gasteiger charge is 2.18. The van der Waals surface area contributed by atoms with Crippen LogP contribution in [0.25, 0.3) is 0 Å². The van der Waals surface area contributed by atoms with E-state index in [4.69, 9.17) is 0 Å². The Morgan fingerprint density at radius 1 is 1.45 bits per heavy atom. The molecule has 0 aliphatic heterocycles. The monoisotopic (exact) mass is 158 g/mol. The molecule has 0 amide bonds. The van der Waals surface area contributed by atoms with Gasteiger partial charge in [0.25, 0.3) is 0 Å². The molecule has 11 heavy (non-hydrogen) atoms. The molecule has 62 valence electrons. The maximum absolute atomic E-state index is 13.1. The molecular formula is C6H11FN4. The fraction of sp³-hybridized carbons (Fsp3) is 0.833. The molecule has 0 radical (unpaired) electrons. The zero-order valence-corrected chi connectivity index (χ0v) is 6.82. The van der Waals surface area contributed by atoms with Crippen LogP contribution in [-0.2, 0) is 7.05 Å². The van der Waals surface area contributed by atoms with E-state index in [1.165, 1.54) is 4.80 Å². The average molecular weight is 158 g/mol. The summed E-state index contributed by atoms with van der Waals surface area (Å²) in [6.45, 7) is 3.56. The first-order valence-electron chi connectivity index (χ1n) is 3.49. The zero-order chi connectivity index (χ0) is 8.43. The van der Waals surface area contributed by atoms with E-state index in [1.54, 1.807) is 20.9 Å². The Kier molecular flexibility index (Phi) is 2.16. The Hall–Kier alpha value is -1.00. The Morgan fingerprint density at radius 2 is 2.09 bits per heavy atom. The van der Waals surface area contributed by atoms with Gasteiger partial charge in [-0.3, -0.25) is 0 Å². The highest BCUT2D eigenvalue weighted by Crippen LogP contribution is 2.20. The molecule has 0 aromatic carbocycles. The van der Waals surface area contributed by atoms with Gasteiger partial charge in [-0.2, -0.15) is 4.80 Å². The van der Waals surface area contributed by atoms with Crippen LogP contribution in [0.4, 0.5) is 4.39 Å². The molecule has 0 bridgehead atoms. The lowest BCUT2D eigenvalue weighted by molar-refractivity contribution is 0.248. The van der Waals surface area contributed by atoms with E-state index in [0.29, 0.717) is 0 Å². The van der Waals surface area contributed by atoms with E-state index in [1.807, 2.05) is 0 Å². The lowest BCUT2D eigenvalue weighted by Crippen LogP contribution is -2.03. The van der Waals surface area contributed by atoms with Crippen LogP contribution in [0.15, 0.2) is 0 Å². The van der Waals surface area contributed by atoms with Gasteiger partial charge in [-0.05, 0) is 11.1 Å². The summed E-state index contributed by atoms with van der Waals surface area (Å²) in [4.78, 5) is 1.25. The third-order valence-corrected chi connectivity index (χ3v) is 1.36. The maximum Gasteiger partial charge on any atom is 0.209 e. The van der Waals surface area contributed by atoms with Gasteiger partial charge in [-0.25, -0.2) is 4.39 Å². The summed E-state index contributed by atoms with van der Waals surface area (Å²) in [5.41, 5.74) is 0. The van der Waals surface area contributed by atoms with Crippen molar-refractivity contribution < 1.29 is 4.39 Å². The van der Waals surface area contributed by atoms with E-state index in [2.05, 4.69) is 15.4 Å². The van der Waals surface area contributed by atoms with Crippen LogP contribution >= 0.6 is 0 Å². The van der Waals surface area contributed by atoms with Gasteiger partial charge < -0.3 is 0 Å². The normalized spacial score (nSPS) is 13.9. The smallest absolute Gasteiger partial charge is 0.209 e. The predicted octanol–water partition coefficient (Wildman–Crippen LogP) is 0.877. The van der Waals surface area contributed by atoms with Gasteiger partial charge in [0, 0.05) is 0 Å². The number of nitrogens with zero attached hydrogens (tertiary/aromatic N) is 4. The van der Waals surface area contributed by atoms with Crippen LogP contribution in [0.3, 0.4) is 0 Å². The van der Waals surface area contributed by atoms with Crippen molar-refractivity contribution in [3.8, 4) is 0 Å². The highest BCUT2D eigenvalue weighted by atomic mass is 19.1. The van der Waals surface area contributed by atoms with Gasteiger partial charge in [0.05, 0.1) is 7.05 Å². The van der Waals surface area contributed by atoms with Crippen molar-refractivity contribution >= 4 is 0 Å². The van der Waals surface area contributed by atoms with Crippen molar-refractivity contribution in [3.63, 3.8) is 0 Å². The van der Waals surface area contributed by atoms with Gasteiger partial charge >= 0.3 is 0 Å². The Morgan fingerprint density at radius 3 is 2.45 bits per heavy atom. The minimum atomic E-state index is -1.11. The summed E-state index contributed by atoms with van der Waals surface area (Å²) in [6, 6.07) is 0. The molecule has 0 spiro atoms. The van der Waals surface area contributed by atoms with Crippen molar-refractivity contribution in [2.24, 2.45) is 13.0 Å². The minimum Gasteiger partial charge on any atom is -0.238 e. The Bertz CT molecular complexity index is 232. The number of tetrazole rings is 1. The van der Waals surface area contributed by atoms with Crippen molar-refractivity contribution in [3.05, 3.63) is 5.82 Å². The third-order valence-electron chi connectivity index (χ3n) is 1.36. The molecule has 1 heterocycles. The quantitative estimate of drug-likeness (QED) is 0.641. The molecule has 0 saturated carbocycles. The molecule has 4 nitrogen and oxygen atoms in total. The summed E-state index contributed by atoms with van der Waals surface area (Å²) in [5, 5.41) is 10.9. The van der Waals surface area contributed by atoms with Gasteiger partial charge in [0.2, 0.25) is 5.82 Å². The van der Waals surface area contributed by atoms with E-state index in [-0.39, 0.29) is 11.7 Å². The number of aromatic nitrogens is 4. The first-order chi connectivity index (χ1) is 5.11. The van der Waals surface area contributed by atoms with Gasteiger partial charge in [-0.15, -0.1) is 10.2 Å². The molecule has 1 aromatic heterocycles. The van der Waals surface area contributed by atoms with Crippen LogP contribution in [0, 0.1) is 5.92 Å². The largest absolute Gasteiger partial charge is 0.238 e. The molecule has 0 saturated heterocycles. The molecule has 0 N–H and O–H groups in total. The molecule has 5 heteroatoms. The number of hydrogen-bond donors (Lipinski definition) is 0. The van der Waals surface area contributed by atoms with Gasteiger partial charge in [-0.1, -0.05) is 13.8 Å². The summed E-state index contributed by atoms with van der Waals surface area (Å²) in [7, 11) is 1.61. The molecule has 0 aliphatic rings. The van der Waals surface area contributed by atoms with Crippen LogP contribution in [-0.4, -0.2) is 20.2 Å². The molecule has 1 aromatic rings. The number of halogens is 1. The molecule has 1 atom stereocenters. The number of aryl methyl sites for hydroxylation is 1. The summed E-state index contributed by atoms with van der Waals surface area (Å²) in [6.07, 6.45) is -1.11. The van der Waals surface area contributed by atoms with Gasteiger partial charge in [0.1, 0.15) is 0 Å². The Balaban J connectivity index is 2.76. The molecule has 1 unspecified atom stereocenters. The third kappa shape index (κ3) is 1.72. The topological polar surface area (TPSA) is 43.6 Å². The number of hydrogen-bond acceptors (Lipinski definition) is 3. The van der Waals surface area contributed by atoms with Crippen LogP contribution < -0.4 is 0 Å². The molecule has 0 fully saturated rings. The highest BCUT2D eigenvalue weighted by molar-refractivity contribution is 4.85. The summed E-state index contributed by atoms with van der Waals surface area (Å²) < 4.78 is 13.1. The van der Waals surface area contributed by atoms with E-state index in [0.717, 1.165) is 0 Å². The van der Waals surface area contributed by atoms with Crippen molar-refractivity contribution in [1.82, 2.24) is 20.2 Å². The van der Waals surface area contributed by atoms with Crippen LogP contribution in [0.1, 0.15) is 25.8 Å². The lowest BCUT2D eigenvalue weighted by Gasteiger charge is -2.05. The minimum absolute atomic E-state index is 0.0980. The fourth-order valence-electron chi connectivity index (χ4n) is 0.707. The second kappa shape index (κ2) is 2.94. The standard InChI is InChI=1S/C6H11FN4/c1-4(2)5(7)6-8-10-11(3)9-6/h4-5H,1-3H3. The van der Waals surface area contributed by atoms with Crippen LogP contribution in [0.2, 0.25) is 0 Å². The van der Waals surface area contributed by atoms with Crippen molar-refractivity contribution in [2.75, 3.05) is 0 Å². The number of rotatable bonds is 2. The van der Waals surface area contributed by atoms with Gasteiger partial charge in [0.15, 0.2) is 6.17 Å². The second-order valence-corrected chi connectivity index (χ2v) is 2.78. The average Bonchev–Trinajstić information content (AvgIpc) is 2.34. The molecular weight excluding hydrogens is 147 g/mol. The van der Waals surface area contributed by atoms with E-state index < -0.39 is 6.17 Å². The van der Waals surface area contributed by atoms with Crippen molar-refractivity contribution in [2.45, 2.75) is 20.0 Å². The van der Waals surface area contributed by atoms with Crippen LogP contribution in [0.5, 0.6) is 0 Å². The zero-order valence-electron chi connectivity index (χ0n) is 6.82. The first kappa shape index (κ1) is 8.10. The first-order valence-corrected chi connectivity index (χ1v) is 3.49. The second-order valence-electron chi connectivity index (χ2n) is 2.78. The number of alkyl halides is 1. The van der Waals surface area contributed by atoms with E-state index in [9.17, 15) is 4.39 Å². The molecule has 1 rings (SSSR count). The Labute approximate surface area is 64.4 Å². The molecule has 0 aliphatic carbocycles. The maximum atomic E-state index is 13.1. The summed E-state index contributed by atoms with van der Waals surface area (Å²) in [5.74, 6) is 0.0710. The predicted molar refractivity (Wildman–Crippen MR) is 37.5 cm³/mol. The summed E-state index contributed by atoms with van der Waals surface area (Å²) >= 11 is 0. The van der Waals surface area contributed by atoms with E-state index >= 15 is 0 Å².